The molecule has 9 nitrogen and oxygen atoms in total. The van der Waals surface area contributed by atoms with Gasteiger partial charge in [0.05, 0.1) is 18.3 Å². The third-order valence-corrected chi connectivity index (χ3v) is 4.41. The summed E-state index contributed by atoms with van der Waals surface area (Å²) in [5.74, 6) is -0.903. The zero-order chi connectivity index (χ0) is 23.5. The van der Waals surface area contributed by atoms with Crippen LogP contribution in [0.2, 0.25) is 0 Å². The van der Waals surface area contributed by atoms with Crippen LogP contribution < -0.4 is 5.11 Å². The van der Waals surface area contributed by atoms with E-state index in [-0.39, 0.29) is 36.7 Å². The van der Waals surface area contributed by atoms with Gasteiger partial charge in [-0.2, -0.15) is 0 Å². The van der Waals surface area contributed by atoms with Crippen molar-refractivity contribution in [3.05, 3.63) is 15.3 Å². The van der Waals surface area contributed by atoms with E-state index in [1.54, 1.807) is 0 Å². The van der Waals surface area contributed by atoms with Crippen molar-refractivity contribution in [2.45, 2.75) is 116 Å². The topological polar surface area (TPSA) is 167 Å². The maximum absolute atomic E-state index is 10.2. The summed E-state index contributed by atoms with van der Waals surface area (Å²) in [5, 5.41) is 49.0. The second-order valence-corrected chi connectivity index (χ2v) is 7.31. The van der Waals surface area contributed by atoms with Gasteiger partial charge in [0.25, 0.3) is 0 Å². The van der Waals surface area contributed by atoms with Crippen LogP contribution >= 0.6 is 0 Å². The monoisotopic (exact) mass is 500 g/mol. The number of rotatable bonds is 18. The molecular weight excluding hydrogens is 458 g/mol. The predicted molar refractivity (Wildman–Crippen MR) is 115 cm³/mol. The molecule has 0 saturated carbocycles. The van der Waals surface area contributed by atoms with E-state index >= 15 is 0 Å². The SMILES string of the molecule is CCCCCCCCCCCCCCCCCC(=O)[O-].O=[N+]([O-])[O-].OCC(O)CO.[Cu+2]. The largest absolute Gasteiger partial charge is 2.00 e. The first-order valence-corrected chi connectivity index (χ1v) is 11.2. The Bertz CT molecular complexity index is 354. The van der Waals surface area contributed by atoms with Gasteiger partial charge in [-0.15, -0.1) is 0 Å². The average Bonchev–Trinajstić information content (AvgIpc) is 2.70. The Morgan fingerprint density at radius 1 is 0.742 bits per heavy atom. The minimum absolute atomic E-state index is 0. The number of unbranched alkanes of at least 4 members (excludes halogenated alkanes) is 14. The maximum Gasteiger partial charge on any atom is 2.00 e. The maximum atomic E-state index is 10.2. The van der Waals surface area contributed by atoms with Gasteiger partial charge in [0.2, 0.25) is 0 Å². The number of aliphatic carboxylic acids is 1. The molecule has 0 fully saturated rings. The molecule has 3 N–H and O–H groups in total. The van der Waals surface area contributed by atoms with Gasteiger partial charge in [-0.3, -0.25) is 0 Å². The van der Waals surface area contributed by atoms with Gasteiger partial charge in [0, 0.05) is 5.97 Å². The van der Waals surface area contributed by atoms with Crippen LogP contribution in [0.5, 0.6) is 0 Å². The van der Waals surface area contributed by atoms with Crippen molar-refractivity contribution in [2.24, 2.45) is 0 Å². The summed E-state index contributed by atoms with van der Waals surface area (Å²) < 4.78 is 0. The molecule has 1 radical (unpaired) electrons. The van der Waals surface area contributed by atoms with Crippen molar-refractivity contribution in [1.82, 2.24) is 0 Å². The fourth-order valence-electron chi connectivity index (χ4n) is 2.70. The molecule has 0 amide bonds. The van der Waals surface area contributed by atoms with E-state index in [1.165, 1.54) is 83.5 Å². The summed E-state index contributed by atoms with van der Waals surface area (Å²) in [5.41, 5.74) is 0. The van der Waals surface area contributed by atoms with Crippen molar-refractivity contribution in [1.29, 1.82) is 0 Å². The molecule has 0 unspecified atom stereocenters. The zero-order valence-electron chi connectivity index (χ0n) is 18.9. The first kappa shape index (κ1) is 37.4. The average molecular weight is 501 g/mol. The molecule has 0 aromatic heterocycles. The van der Waals surface area contributed by atoms with Crippen molar-refractivity contribution in [3.8, 4) is 0 Å². The van der Waals surface area contributed by atoms with Crippen molar-refractivity contribution in [2.75, 3.05) is 13.2 Å². The normalized spacial score (nSPS) is 9.71. The molecule has 0 heterocycles. The molecule has 191 valence electrons. The molecule has 0 aliphatic carbocycles. The van der Waals surface area contributed by atoms with Crippen LogP contribution in [0.4, 0.5) is 0 Å². The Balaban J connectivity index is -0.000000275. The number of carboxylic acids is 1. The smallest absolute Gasteiger partial charge is 0.550 e. The number of hydrogen-bond acceptors (Lipinski definition) is 8. The Morgan fingerprint density at radius 3 is 1.19 bits per heavy atom. The van der Waals surface area contributed by atoms with E-state index in [2.05, 4.69) is 6.92 Å². The van der Waals surface area contributed by atoms with Crippen molar-refractivity contribution in [3.63, 3.8) is 0 Å². The van der Waals surface area contributed by atoms with Gasteiger partial charge in [-0.05, 0) is 12.8 Å². The van der Waals surface area contributed by atoms with Gasteiger partial charge in [0.1, 0.15) is 6.10 Å². The second kappa shape index (κ2) is 33.7. The number of aliphatic hydroxyl groups excluding tert-OH is 3. The number of aliphatic hydroxyl groups is 3. The van der Waals surface area contributed by atoms with Crippen molar-refractivity contribution < 1.29 is 47.4 Å². The third-order valence-electron chi connectivity index (χ3n) is 4.41. The quantitative estimate of drug-likeness (QED) is 0.112. The molecule has 0 rings (SSSR count). The van der Waals surface area contributed by atoms with E-state index in [0.717, 1.165) is 12.8 Å². The zero-order valence-corrected chi connectivity index (χ0v) is 19.9. The number of nitrogens with zero attached hydrogens (tertiary/aromatic N) is 1. The summed E-state index contributed by atoms with van der Waals surface area (Å²) in [6, 6.07) is 0. The Hall–Kier alpha value is -0.931. The van der Waals surface area contributed by atoms with Gasteiger partial charge >= 0.3 is 17.1 Å². The standard InChI is InChI=1S/C18H36O2.C3H8O3.Cu.NO3/c1-2-3-4-5-6-7-8-9-10-11-12-13-14-15-16-17-18(19)20;4-1-3(6)2-5;;2-1(3)4/h2-17H2,1H3,(H,19,20);3-6H,1-2H2;;/q;;+2;-1/p-1. The van der Waals surface area contributed by atoms with Crippen LogP contribution in [0.25, 0.3) is 0 Å². The van der Waals surface area contributed by atoms with Crippen LogP contribution in [0.1, 0.15) is 110 Å². The summed E-state index contributed by atoms with van der Waals surface area (Å²) >= 11 is 0. The molecule has 0 aliphatic rings. The Morgan fingerprint density at radius 2 is 1.00 bits per heavy atom. The minimum Gasteiger partial charge on any atom is -0.550 e. The van der Waals surface area contributed by atoms with Crippen LogP contribution in [0.15, 0.2) is 0 Å². The summed E-state index contributed by atoms with van der Waals surface area (Å²) in [7, 11) is 0. The summed E-state index contributed by atoms with van der Waals surface area (Å²) in [6.07, 6.45) is 18.9. The summed E-state index contributed by atoms with van der Waals surface area (Å²) in [6.45, 7) is 1.54. The molecule has 0 spiro atoms. The third kappa shape index (κ3) is 52.9. The predicted octanol–water partition coefficient (Wildman–Crippen LogP) is 3.09. The van der Waals surface area contributed by atoms with Crippen LogP contribution in [0, 0.1) is 15.3 Å². The van der Waals surface area contributed by atoms with Gasteiger partial charge < -0.3 is 40.5 Å². The first-order chi connectivity index (χ1) is 14.3. The molecule has 31 heavy (non-hydrogen) atoms. The fraction of sp³-hybridized carbons (Fsp3) is 0.952. The van der Waals surface area contributed by atoms with Gasteiger partial charge in [0.15, 0.2) is 0 Å². The van der Waals surface area contributed by atoms with Crippen LogP contribution in [-0.4, -0.2) is 45.7 Å². The van der Waals surface area contributed by atoms with E-state index in [1.807, 2.05) is 0 Å². The molecule has 0 aromatic rings. The van der Waals surface area contributed by atoms with Gasteiger partial charge in [-0.1, -0.05) is 96.8 Å². The minimum atomic E-state index is -1.75. The molecule has 0 atom stereocenters. The molecule has 0 saturated heterocycles. The number of carbonyl (C=O) groups excluding carboxylic acids is 1. The summed E-state index contributed by atoms with van der Waals surface area (Å²) in [4.78, 5) is 18.5. The first-order valence-electron chi connectivity index (χ1n) is 11.2. The number of carboxylic acid groups (broad SMARTS) is 1. The number of hydrogen-bond donors (Lipinski definition) is 3. The van der Waals surface area contributed by atoms with E-state index in [0.29, 0.717) is 0 Å². The Kier molecular flexibility index (Phi) is 40.6. The fourth-order valence-corrected chi connectivity index (χ4v) is 2.70. The van der Waals surface area contributed by atoms with Crippen LogP contribution in [-0.2, 0) is 21.9 Å². The van der Waals surface area contributed by atoms with E-state index < -0.39 is 17.2 Å². The molecule has 0 aliphatic heterocycles. The second-order valence-electron chi connectivity index (χ2n) is 7.31. The molecule has 0 bridgehead atoms. The van der Waals surface area contributed by atoms with Crippen LogP contribution in [0.3, 0.4) is 0 Å². The number of carbonyl (C=O) groups is 1. The molecule has 0 aromatic carbocycles. The Labute approximate surface area is 197 Å². The van der Waals surface area contributed by atoms with E-state index in [4.69, 9.17) is 30.6 Å². The van der Waals surface area contributed by atoms with E-state index in [9.17, 15) is 9.90 Å². The van der Waals surface area contributed by atoms with Crippen molar-refractivity contribution >= 4 is 5.97 Å². The molecular formula is C21H43CuNO8. The van der Waals surface area contributed by atoms with Gasteiger partial charge in [-0.25, -0.2) is 0 Å². The molecule has 10 heteroatoms.